The summed E-state index contributed by atoms with van der Waals surface area (Å²) < 4.78 is 0. The van der Waals surface area contributed by atoms with E-state index in [1.807, 2.05) is 25.4 Å². The zero-order chi connectivity index (χ0) is 16.4. The van der Waals surface area contributed by atoms with Crippen molar-refractivity contribution in [2.45, 2.75) is 27.2 Å². The summed E-state index contributed by atoms with van der Waals surface area (Å²) in [5, 5.41) is 9.01. The first-order valence-electron chi connectivity index (χ1n) is 7.82. The van der Waals surface area contributed by atoms with Crippen molar-refractivity contribution in [1.82, 2.24) is 15.0 Å². The van der Waals surface area contributed by atoms with Crippen LogP contribution in [0.25, 0.3) is 22.2 Å². The second kappa shape index (κ2) is 6.28. The van der Waals surface area contributed by atoms with Gasteiger partial charge in [-0.05, 0) is 36.1 Å². The molecule has 3 aromatic rings. The Morgan fingerprint density at radius 1 is 1.26 bits per heavy atom. The van der Waals surface area contributed by atoms with Crippen LogP contribution < -0.4 is 0 Å². The van der Waals surface area contributed by atoms with E-state index in [2.05, 4.69) is 51.2 Å². The summed E-state index contributed by atoms with van der Waals surface area (Å²) in [5.74, 6) is 1.43. The van der Waals surface area contributed by atoms with Gasteiger partial charge in [-0.25, -0.2) is 9.97 Å². The lowest BCUT2D eigenvalue weighted by Crippen LogP contribution is -2.00. The zero-order valence-electron chi connectivity index (χ0n) is 14.0. The molecule has 3 rings (SSSR count). The van der Waals surface area contributed by atoms with Crippen LogP contribution >= 0.6 is 0 Å². The molecule has 0 saturated heterocycles. The maximum absolute atomic E-state index is 4.63. The average molecular weight is 307 g/mol. The Balaban J connectivity index is 2.02. The number of fused-ring (bicyclic) bond motifs is 1. The summed E-state index contributed by atoms with van der Waals surface area (Å²) in [6.45, 7) is 6.39. The van der Waals surface area contributed by atoms with Gasteiger partial charge in [-0.2, -0.15) is 10.2 Å². The van der Waals surface area contributed by atoms with Gasteiger partial charge in [0.15, 0.2) is 0 Å². The molecule has 0 aliphatic rings. The van der Waals surface area contributed by atoms with Crippen molar-refractivity contribution < 1.29 is 0 Å². The van der Waals surface area contributed by atoms with E-state index in [-0.39, 0.29) is 0 Å². The minimum atomic E-state index is 0.546. The summed E-state index contributed by atoms with van der Waals surface area (Å²) in [5.41, 5.74) is 5.12. The van der Waals surface area contributed by atoms with Gasteiger partial charge in [0.1, 0.15) is 11.5 Å². The molecule has 2 aromatic heterocycles. The normalized spacial score (nSPS) is 11.9. The maximum atomic E-state index is 4.63. The number of rotatable bonds is 4. The van der Waals surface area contributed by atoms with Crippen LogP contribution in [0.5, 0.6) is 0 Å². The molecule has 0 atom stereocenters. The minimum absolute atomic E-state index is 0.546. The summed E-state index contributed by atoms with van der Waals surface area (Å²) in [6, 6.07) is 6.17. The molecule has 1 aromatic carbocycles. The van der Waals surface area contributed by atoms with Gasteiger partial charge in [0, 0.05) is 36.8 Å². The minimum Gasteiger partial charge on any atom is -0.345 e. The molecule has 0 aliphatic heterocycles. The molecule has 0 saturated carbocycles. The molecule has 2 heterocycles. The van der Waals surface area contributed by atoms with Gasteiger partial charge >= 0.3 is 0 Å². The van der Waals surface area contributed by atoms with Crippen molar-refractivity contribution in [3.05, 3.63) is 42.0 Å². The number of azo groups is 1. The molecule has 23 heavy (non-hydrogen) atoms. The molecule has 0 spiro atoms. The fourth-order valence-corrected chi connectivity index (χ4v) is 2.69. The van der Waals surface area contributed by atoms with E-state index in [9.17, 15) is 0 Å². The summed E-state index contributed by atoms with van der Waals surface area (Å²) in [7, 11) is 1.68. The van der Waals surface area contributed by atoms with E-state index in [1.54, 1.807) is 7.05 Å². The van der Waals surface area contributed by atoms with Crippen LogP contribution in [0, 0.1) is 12.8 Å². The monoisotopic (exact) mass is 307 g/mol. The quantitative estimate of drug-likeness (QED) is 0.700. The third-order valence-corrected chi connectivity index (χ3v) is 3.79. The molecule has 1 N–H and O–H groups in total. The third kappa shape index (κ3) is 3.13. The molecule has 118 valence electrons. The topological polar surface area (TPSA) is 66.3 Å². The number of hydrogen-bond acceptors (Lipinski definition) is 4. The maximum Gasteiger partial charge on any atom is 0.141 e. The van der Waals surface area contributed by atoms with Crippen LogP contribution in [0.15, 0.2) is 40.8 Å². The van der Waals surface area contributed by atoms with E-state index in [1.165, 1.54) is 0 Å². The lowest BCUT2D eigenvalue weighted by molar-refractivity contribution is 0.622. The highest BCUT2D eigenvalue weighted by molar-refractivity contribution is 5.93. The summed E-state index contributed by atoms with van der Waals surface area (Å²) in [6.07, 6.45) is 4.80. The van der Waals surface area contributed by atoms with Crippen molar-refractivity contribution in [3.8, 4) is 11.1 Å². The lowest BCUT2D eigenvalue weighted by atomic mass is 10.0. The first-order valence-corrected chi connectivity index (χ1v) is 7.82. The van der Waals surface area contributed by atoms with Crippen molar-refractivity contribution >= 4 is 16.7 Å². The summed E-state index contributed by atoms with van der Waals surface area (Å²) >= 11 is 0. The van der Waals surface area contributed by atoms with Gasteiger partial charge in [0.05, 0.1) is 5.69 Å². The van der Waals surface area contributed by atoms with E-state index in [0.717, 1.165) is 45.7 Å². The molecule has 5 nitrogen and oxygen atoms in total. The Bertz CT molecular complexity index is 861. The fourth-order valence-electron chi connectivity index (χ4n) is 2.69. The molecule has 5 heteroatoms. The molecule has 0 unspecified atom stereocenters. The highest BCUT2D eigenvalue weighted by Crippen LogP contribution is 2.31. The van der Waals surface area contributed by atoms with Crippen LogP contribution in [-0.2, 0) is 6.42 Å². The van der Waals surface area contributed by atoms with Gasteiger partial charge in [0.2, 0.25) is 0 Å². The highest BCUT2D eigenvalue weighted by Gasteiger charge is 2.10. The molecule has 0 fully saturated rings. The molecular weight excluding hydrogens is 286 g/mol. The molecule has 0 amide bonds. The second-order valence-corrected chi connectivity index (χ2v) is 6.15. The van der Waals surface area contributed by atoms with Gasteiger partial charge in [0.25, 0.3) is 0 Å². The largest absolute Gasteiger partial charge is 0.345 e. The third-order valence-electron chi connectivity index (χ3n) is 3.79. The van der Waals surface area contributed by atoms with E-state index >= 15 is 0 Å². The molecule has 0 bridgehead atoms. The highest BCUT2D eigenvalue weighted by atomic mass is 15.1. The first-order chi connectivity index (χ1) is 11.1. The Hall–Kier alpha value is -2.56. The van der Waals surface area contributed by atoms with Crippen LogP contribution in [0.1, 0.15) is 25.2 Å². The van der Waals surface area contributed by atoms with Crippen molar-refractivity contribution in [2.75, 3.05) is 7.05 Å². The Kier molecular flexibility index (Phi) is 4.19. The lowest BCUT2D eigenvalue weighted by Gasteiger charge is -2.05. The molecular formula is C18H21N5. The first kappa shape index (κ1) is 15.3. The number of benzene rings is 1. The predicted octanol–water partition coefficient (Wildman–Crippen LogP) is 4.85. The smallest absolute Gasteiger partial charge is 0.141 e. The Labute approximate surface area is 135 Å². The molecule has 0 radical (unpaired) electrons. The van der Waals surface area contributed by atoms with E-state index in [0.29, 0.717) is 5.92 Å². The van der Waals surface area contributed by atoms with E-state index in [4.69, 9.17) is 0 Å². The standard InChI is InChI=1S/C18H21N5/c1-11(2)7-17-20-10-15-14(9-21-18(15)22-17)13-5-6-16(23-19-4)12(3)8-13/h5-6,8-11H,7H2,1-4H3,(H,20,21,22). The predicted molar refractivity (Wildman–Crippen MR) is 93.0 cm³/mol. The SMILES string of the molecule is CN=Nc1ccc(-c2c[nH]c3nc(CC(C)C)ncc23)cc1C. The number of aromatic nitrogens is 3. The number of aryl methyl sites for hydroxylation is 1. The van der Waals surface area contributed by atoms with Crippen molar-refractivity contribution in [2.24, 2.45) is 16.1 Å². The zero-order valence-corrected chi connectivity index (χ0v) is 14.0. The van der Waals surface area contributed by atoms with Gasteiger partial charge in [-0.3, -0.25) is 0 Å². The van der Waals surface area contributed by atoms with Crippen LogP contribution in [0.3, 0.4) is 0 Å². The number of nitrogens with one attached hydrogen (secondary N) is 1. The second-order valence-electron chi connectivity index (χ2n) is 6.15. The van der Waals surface area contributed by atoms with Crippen LogP contribution in [0.4, 0.5) is 5.69 Å². The van der Waals surface area contributed by atoms with Crippen LogP contribution in [-0.4, -0.2) is 22.0 Å². The fraction of sp³-hybridized carbons (Fsp3) is 0.333. The summed E-state index contributed by atoms with van der Waals surface area (Å²) in [4.78, 5) is 12.4. The Morgan fingerprint density at radius 2 is 2.09 bits per heavy atom. The van der Waals surface area contributed by atoms with Gasteiger partial charge in [-0.15, -0.1) is 0 Å². The number of hydrogen-bond donors (Lipinski definition) is 1. The van der Waals surface area contributed by atoms with Gasteiger partial charge in [-0.1, -0.05) is 19.9 Å². The average Bonchev–Trinajstić information content (AvgIpc) is 2.92. The number of H-pyrrole nitrogens is 1. The number of aromatic amines is 1. The van der Waals surface area contributed by atoms with Crippen LogP contribution in [0.2, 0.25) is 0 Å². The Morgan fingerprint density at radius 3 is 2.78 bits per heavy atom. The van der Waals surface area contributed by atoms with Crippen molar-refractivity contribution in [1.29, 1.82) is 0 Å². The van der Waals surface area contributed by atoms with E-state index < -0.39 is 0 Å². The van der Waals surface area contributed by atoms with Crippen molar-refractivity contribution in [3.63, 3.8) is 0 Å². The number of nitrogens with zero attached hydrogens (tertiary/aromatic N) is 4. The van der Waals surface area contributed by atoms with Gasteiger partial charge < -0.3 is 4.98 Å². The molecule has 0 aliphatic carbocycles.